The molecule has 3 rings (SSSR count). The van der Waals surface area contributed by atoms with Crippen molar-refractivity contribution < 1.29 is 14.7 Å². The molecule has 7 nitrogen and oxygen atoms in total. The number of carbonyl (C=O) groups excluding carboxylic acids is 1. The van der Waals surface area contributed by atoms with Crippen molar-refractivity contribution in [1.29, 1.82) is 0 Å². The van der Waals surface area contributed by atoms with Gasteiger partial charge in [0.15, 0.2) is 5.82 Å². The molecule has 3 heterocycles. The zero-order chi connectivity index (χ0) is 17.4. The molecule has 1 amide bonds. The van der Waals surface area contributed by atoms with Gasteiger partial charge in [0.2, 0.25) is 0 Å². The van der Waals surface area contributed by atoms with Crippen molar-refractivity contribution in [3.8, 4) is 5.82 Å². The van der Waals surface area contributed by atoms with Gasteiger partial charge in [0, 0.05) is 12.2 Å². The molecule has 2 aromatic rings. The Hall–Kier alpha value is -2.41. The van der Waals surface area contributed by atoms with Crippen LogP contribution in [0.5, 0.6) is 0 Å². The standard InChI is InChI=1S/C16H17ClN4O3/c1-9-8-10(2)21(19-9)13-6-5-11(17)14(18-13)15(22)20-7-3-4-12(20)16(23)24/h5-6,8,12H,3-4,7H2,1-2H3,(H,23,24). The molecule has 1 aliphatic heterocycles. The van der Waals surface area contributed by atoms with Crippen molar-refractivity contribution in [2.24, 2.45) is 0 Å². The van der Waals surface area contributed by atoms with E-state index in [1.807, 2.05) is 19.9 Å². The van der Waals surface area contributed by atoms with Gasteiger partial charge in [0.05, 0.1) is 10.7 Å². The van der Waals surface area contributed by atoms with Crippen LogP contribution in [0.25, 0.3) is 5.82 Å². The number of halogens is 1. The molecule has 1 atom stereocenters. The second-order valence-corrected chi connectivity index (χ2v) is 6.24. The molecule has 0 bridgehead atoms. The summed E-state index contributed by atoms with van der Waals surface area (Å²) in [6, 6.07) is 4.34. The van der Waals surface area contributed by atoms with E-state index in [9.17, 15) is 14.7 Å². The van der Waals surface area contributed by atoms with E-state index in [0.29, 0.717) is 25.2 Å². The second-order valence-electron chi connectivity index (χ2n) is 5.83. The molecule has 8 heteroatoms. The Labute approximate surface area is 143 Å². The van der Waals surface area contributed by atoms with Gasteiger partial charge in [-0.3, -0.25) is 4.79 Å². The first-order valence-electron chi connectivity index (χ1n) is 7.62. The quantitative estimate of drug-likeness (QED) is 0.918. The van der Waals surface area contributed by atoms with Crippen LogP contribution in [0, 0.1) is 13.8 Å². The van der Waals surface area contributed by atoms with Crippen molar-refractivity contribution in [3.63, 3.8) is 0 Å². The average Bonchev–Trinajstić information content (AvgIpc) is 3.13. The fourth-order valence-electron chi connectivity index (χ4n) is 2.96. The van der Waals surface area contributed by atoms with Crippen LogP contribution in [0.15, 0.2) is 18.2 Å². The molecule has 1 aliphatic rings. The summed E-state index contributed by atoms with van der Waals surface area (Å²) in [6.45, 7) is 4.14. The SMILES string of the molecule is Cc1cc(C)n(-c2ccc(Cl)c(C(=O)N3CCCC3C(=O)O)n2)n1. The number of hydrogen-bond donors (Lipinski definition) is 1. The van der Waals surface area contributed by atoms with Gasteiger partial charge >= 0.3 is 5.97 Å². The third-order valence-electron chi connectivity index (χ3n) is 4.06. The van der Waals surface area contributed by atoms with Crippen LogP contribution in [-0.4, -0.2) is 49.2 Å². The van der Waals surface area contributed by atoms with Crippen molar-refractivity contribution in [2.75, 3.05) is 6.54 Å². The van der Waals surface area contributed by atoms with E-state index in [1.54, 1.807) is 16.8 Å². The fraction of sp³-hybridized carbons (Fsp3) is 0.375. The summed E-state index contributed by atoms with van der Waals surface area (Å²) < 4.78 is 1.63. The Morgan fingerprint density at radius 3 is 2.71 bits per heavy atom. The molecule has 2 aromatic heterocycles. The van der Waals surface area contributed by atoms with Crippen LogP contribution in [0.4, 0.5) is 0 Å². The minimum absolute atomic E-state index is 0.0508. The van der Waals surface area contributed by atoms with Crippen LogP contribution < -0.4 is 0 Å². The molecular formula is C16H17ClN4O3. The monoisotopic (exact) mass is 348 g/mol. The third-order valence-corrected chi connectivity index (χ3v) is 4.36. The summed E-state index contributed by atoms with van der Waals surface area (Å²) >= 11 is 6.14. The van der Waals surface area contributed by atoms with Gasteiger partial charge in [0.1, 0.15) is 11.7 Å². The van der Waals surface area contributed by atoms with Crippen LogP contribution in [0.1, 0.15) is 34.7 Å². The Morgan fingerprint density at radius 2 is 2.08 bits per heavy atom. The summed E-state index contributed by atoms with van der Waals surface area (Å²) in [5.41, 5.74) is 1.77. The van der Waals surface area contributed by atoms with Gasteiger partial charge in [0.25, 0.3) is 5.91 Å². The normalized spacial score (nSPS) is 17.3. The zero-order valence-electron chi connectivity index (χ0n) is 13.4. The lowest BCUT2D eigenvalue weighted by Crippen LogP contribution is -2.41. The highest BCUT2D eigenvalue weighted by molar-refractivity contribution is 6.33. The number of aromatic nitrogens is 3. The second kappa shape index (κ2) is 6.24. The van der Waals surface area contributed by atoms with Crippen LogP contribution in [-0.2, 0) is 4.79 Å². The maximum absolute atomic E-state index is 12.7. The molecule has 24 heavy (non-hydrogen) atoms. The number of aliphatic carboxylic acids is 1. The summed E-state index contributed by atoms with van der Waals surface area (Å²) in [5, 5.41) is 13.8. The van der Waals surface area contributed by atoms with E-state index in [-0.39, 0.29) is 10.7 Å². The number of pyridine rings is 1. The van der Waals surface area contributed by atoms with Gasteiger partial charge in [-0.2, -0.15) is 5.10 Å². The largest absolute Gasteiger partial charge is 0.480 e. The zero-order valence-corrected chi connectivity index (χ0v) is 14.1. The highest BCUT2D eigenvalue weighted by Gasteiger charge is 2.35. The molecular weight excluding hydrogens is 332 g/mol. The molecule has 0 radical (unpaired) electrons. The number of carboxylic acids is 1. The number of rotatable bonds is 3. The summed E-state index contributed by atoms with van der Waals surface area (Å²) in [6.07, 6.45) is 1.09. The first-order valence-corrected chi connectivity index (χ1v) is 8.00. The van der Waals surface area contributed by atoms with Gasteiger partial charge in [-0.05, 0) is 44.9 Å². The lowest BCUT2D eigenvalue weighted by atomic mass is 10.2. The number of nitrogens with zero attached hydrogens (tertiary/aromatic N) is 4. The van der Waals surface area contributed by atoms with E-state index in [4.69, 9.17) is 11.6 Å². The summed E-state index contributed by atoms with van der Waals surface area (Å²) in [5.74, 6) is -1.00. The lowest BCUT2D eigenvalue weighted by Gasteiger charge is -2.21. The average molecular weight is 349 g/mol. The van der Waals surface area contributed by atoms with Crippen molar-refractivity contribution in [3.05, 3.63) is 40.3 Å². The van der Waals surface area contributed by atoms with E-state index >= 15 is 0 Å². The molecule has 1 unspecified atom stereocenters. The van der Waals surface area contributed by atoms with Crippen molar-refractivity contribution in [2.45, 2.75) is 32.7 Å². The topological polar surface area (TPSA) is 88.3 Å². The van der Waals surface area contributed by atoms with Crippen LogP contribution >= 0.6 is 11.6 Å². The molecule has 126 valence electrons. The maximum atomic E-state index is 12.7. The number of likely N-dealkylation sites (tertiary alicyclic amines) is 1. The Bertz CT molecular complexity index is 818. The van der Waals surface area contributed by atoms with E-state index < -0.39 is 17.9 Å². The number of carboxylic acid groups (broad SMARTS) is 1. The third kappa shape index (κ3) is 2.87. The minimum Gasteiger partial charge on any atom is -0.480 e. The summed E-state index contributed by atoms with van der Waals surface area (Å²) in [7, 11) is 0. The number of amides is 1. The van der Waals surface area contributed by atoms with Gasteiger partial charge < -0.3 is 10.0 Å². The molecule has 0 spiro atoms. The summed E-state index contributed by atoms with van der Waals surface area (Å²) in [4.78, 5) is 29.7. The fourth-order valence-corrected chi connectivity index (χ4v) is 3.15. The number of aryl methyl sites for hydroxylation is 2. The minimum atomic E-state index is -1.01. The van der Waals surface area contributed by atoms with E-state index in [1.165, 1.54) is 4.90 Å². The molecule has 0 saturated carbocycles. The molecule has 0 aliphatic carbocycles. The van der Waals surface area contributed by atoms with Crippen molar-refractivity contribution in [1.82, 2.24) is 19.7 Å². The van der Waals surface area contributed by atoms with Crippen LogP contribution in [0.2, 0.25) is 5.02 Å². The van der Waals surface area contributed by atoms with E-state index in [2.05, 4.69) is 10.1 Å². The van der Waals surface area contributed by atoms with Gasteiger partial charge in [-0.25, -0.2) is 14.5 Å². The van der Waals surface area contributed by atoms with Crippen molar-refractivity contribution >= 4 is 23.5 Å². The Kier molecular flexibility index (Phi) is 4.28. The van der Waals surface area contributed by atoms with Gasteiger partial charge in [-0.1, -0.05) is 11.6 Å². The van der Waals surface area contributed by atoms with Gasteiger partial charge in [-0.15, -0.1) is 0 Å². The highest BCUT2D eigenvalue weighted by atomic mass is 35.5. The molecule has 1 saturated heterocycles. The van der Waals surface area contributed by atoms with E-state index in [0.717, 1.165) is 11.4 Å². The predicted molar refractivity (Wildman–Crippen MR) is 87.5 cm³/mol. The smallest absolute Gasteiger partial charge is 0.326 e. The molecule has 1 fully saturated rings. The maximum Gasteiger partial charge on any atom is 0.326 e. The van der Waals surface area contributed by atoms with Crippen LogP contribution in [0.3, 0.4) is 0 Å². The Balaban J connectivity index is 1.99. The first-order chi connectivity index (χ1) is 11.4. The lowest BCUT2D eigenvalue weighted by molar-refractivity contribution is -0.141. The first kappa shape index (κ1) is 16.4. The molecule has 0 aromatic carbocycles. The Morgan fingerprint density at radius 1 is 1.33 bits per heavy atom. The predicted octanol–water partition coefficient (Wildman–Crippen LogP) is 2.23. The molecule has 1 N–H and O–H groups in total. The highest BCUT2D eigenvalue weighted by Crippen LogP contribution is 2.24. The number of carbonyl (C=O) groups is 2. The number of hydrogen-bond acceptors (Lipinski definition) is 4.